The predicted octanol–water partition coefficient (Wildman–Crippen LogP) is 5.05. The fourth-order valence-electron chi connectivity index (χ4n) is 2.82. The van der Waals surface area contributed by atoms with E-state index in [0.29, 0.717) is 5.56 Å². The maximum Gasteiger partial charge on any atom is 0.159 e. The van der Waals surface area contributed by atoms with Crippen molar-refractivity contribution in [2.75, 3.05) is 0 Å². The van der Waals surface area contributed by atoms with E-state index in [0.717, 1.165) is 22.6 Å². The molecule has 0 spiro atoms. The van der Waals surface area contributed by atoms with E-state index in [1.54, 1.807) is 6.92 Å². The molecule has 0 N–H and O–H groups in total. The lowest BCUT2D eigenvalue weighted by atomic mass is 10.1. The quantitative estimate of drug-likeness (QED) is 0.490. The van der Waals surface area contributed by atoms with Gasteiger partial charge in [-0.25, -0.2) is 0 Å². The van der Waals surface area contributed by atoms with E-state index in [9.17, 15) is 4.79 Å². The Bertz CT molecular complexity index is 888. The molecule has 120 valence electrons. The minimum absolute atomic E-state index is 0.0666. The number of hydrogen-bond acceptors (Lipinski definition) is 2. The van der Waals surface area contributed by atoms with Gasteiger partial charge in [0.25, 0.3) is 0 Å². The van der Waals surface area contributed by atoms with Crippen molar-refractivity contribution in [3.63, 3.8) is 0 Å². The summed E-state index contributed by atoms with van der Waals surface area (Å²) >= 11 is 0. The fourth-order valence-corrected chi connectivity index (χ4v) is 2.82. The lowest BCUT2D eigenvalue weighted by Gasteiger charge is -2.08. The van der Waals surface area contributed by atoms with E-state index < -0.39 is 0 Å². The van der Waals surface area contributed by atoms with E-state index in [4.69, 9.17) is 0 Å². The number of benzene rings is 2. The van der Waals surface area contributed by atoms with Crippen molar-refractivity contribution in [2.24, 2.45) is 4.99 Å². The van der Waals surface area contributed by atoms with Gasteiger partial charge in [-0.2, -0.15) is 0 Å². The number of hydrogen-bond donors (Lipinski definition) is 0. The van der Waals surface area contributed by atoms with Gasteiger partial charge >= 0.3 is 0 Å². The monoisotopic (exact) mass is 316 g/mol. The maximum atomic E-state index is 11.3. The van der Waals surface area contributed by atoms with Gasteiger partial charge in [-0.15, -0.1) is 0 Å². The molecule has 3 nitrogen and oxygen atoms in total. The number of aliphatic imine (C=N–C) groups is 1. The van der Waals surface area contributed by atoms with Crippen LogP contribution in [0.25, 0.3) is 5.69 Å². The van der Waals surface area contributed by atoms with Crippen LogP contribution in [0.5, 0.6) is 0 Å². The molecule has 0 fully saturated rings. The standard InChI is InChI=1S/C21H20N2O/c1-15-13-19(16(2)23(15)21-7-5-4-6-8-21)14-22-20-11-9-18(10-12-20)17(3)24/h4-14H,1-3H3. The van der Waals surface area contributed by atoms with E-state index >= 15 is 0 Å². The molecule has 0 aliphatic carbocycles. The average Bonchev–Trinajstić information content (AvgIpc) is 2.88. The number of para-hydroxylation sites is 1. The average molecular weight is 316 g/mol. The number of nitrogens with zero attached hydrogens (tertiary/aromatic N) is 2. The van der Waals surface area contributed by atoms with Gasteiger partial charge in [0.2, 0.25) is 0 Å². The van der Waals surface area contributed by atoms with Gasteiger partial charge in [-0.1, -0.05) is 18.2 Å². The molecular formula is C21H20N2O. The van der Waals surface area contributed by atoms with Crippen LogP contribution in [0.4, 0.5) is 5.69 Å². The number of rotatable bonds is 4. The molecule has 0 saturated carbocycles. The van der Waals surface area contributed by atoms with Crippen molar-refractivity contribution in [2.45, 2.75) is 20.8 Å². The normalized spacial score (nSPS) is 11.1. The predicted molar refractivity (Wildman–Crippen MR) is 98.9 cm³/mol. The molecule has 1 heterocycles. The Balaban J connectivity index is 1.89. The first-order valence-electron chi connectivity index (χ1n) is 7.95. The summed E-state index contributed by atoms with van der Waals surface area (Å²) in [4.78, 5) is 15.9. The van der Waals surface area contributed by atoms with Crippen molar-refractivity contribution >= 4 is 17.7 Å². The molecule has 3 rings (SSSR count). The van der Waals surface area contributed by atoms with Gasteiger partial charge in [0.15, 0.2) is 5.78 Å². The van der Waals surface area contributed by atoms with Crippen molar-refractivity contribution in [1.29, 1.82) is 0 Å². The van der Waals surface area contributed by atoms with Crippen LogP contribution in [-0.4, -0.2) is 16.6 Å². The summed E-state index contributed by atoms with van der Waals surface area (Å²) in [5.41, 5.74) is 6.11. The smallest absolute Gasteiger partial charge is 0.159 e. The highest BCUT2D eigenvalue weighted by Crippen LogP contribution is 2.20. The SMILES string of the molecule is CC(=O)c1ccc(N=Cc2cc(C)n(-c3ccccc3)c2C)cc1. The van der Waals surface area contributed by atoms with Crippen LogP contribution < -0.4 is 0 Å². The second-order valence-corrected chi connectivity index (χ2v) is 5.86. The molecule has 1 aromatic heterocycles. The topological polar surface area (TPSA) is 34.4 Å². The van der Waals surface area contributed by atoms with E-state index in [1.165, 1.54) is 5.69 Å². The number of carbonyl (C=O) groups is 1. The Morgan fingerprint density at radius 2 is 1.67 bits per heavy atom. The summed E-state index contributed by atoms with van der Waals surface area (Å²) < 4.78 is 2.22. The van der Waals surface area contributed by atoms with Crippen molar-refractivity contribution in [3.8, 4) is 5.69 Å². The van der Waals surface area contributed by atoms with Crippen LogP contribution in [0.3, 0.4) is 0 Å². The Kier molecular flexibility index (Phi) is 4.43. The molecule has 0 aliphatic rings. The molecule has 3 aromatic rings. The zero-order valence-corrected chi connectivity index (χ0v) is 14.2. The number of ketones is 1. The Hall–Kier alpha value is -2.94. The third kappa shape index (κ3) is 3.20. The second kappa shape index (κ2) is 6.67. The minimum Gasteiger partial charge on any atom is -0.318 e. The van der Waals surface area contributed by atoms with Crippen LogP contribution >= 0.6 is 0 Å². The Morgan fingerprint density at radius 1 is 1.00 bits per heavy atom. The van der Waals surface area contributed by atoms with Crippen LogP contribution in [-0.2, 0) is 0 Å². The molecule has 0 bridgehead atoms. The second-order valence-electron chi connectivity index (χ2n) is 5.86. The highest BCUT2D eigenvalue weighted by Gasteiger charge is 2.08. The first-order chi connectivity index (χ1) is 11.6. The van der Waals surface area contributed by atoms with Crippen LogP contribution in [0.15, 0.2) is 65.7 Å². The third-order valence-electron chi connectivity index (χ3n) is 4.11. The molecule has 2 aromatic carbocycles. The number of aryl methyl sites for hydroxylation is 1. The summed E-state index contributed by atoms with van der Waals surface area (Å²) in [6, 6.07) is 19.8. The van der Waals surface area contributed by atoms with Gasteiger partial charge in [0.05, 0.1) is 5.69 Å². The van der Waals surface area contributed by atoms with Gasteiger partial charge in [0.1, 0.15) is 0 Å². The third-order valence-corrected chi connectivity index (χ3v) is 4.11. The molecule has 0 saturated heterocycles. The van der Waals surface area contributed by atoms with E-state index in [-0.39, 0.29) is 5.78 Å². The largest absolute Gasteiger partial charge is 0.318 e. The lowest BCUT2D eigenvalue weighted by Crippen LogP contribution is -1.99. The molecule has 0 amide bonds. The summed E-state index contributed by atoms with van der Waals surface area (Å²) in [6.07, 6.45) is 1.88. The van der Waals surface area contributed by atoms with Gasteiger partial charge in [0, 0.05) is 34.4 Å². The maximum absolute atomic E-state index is 11.3. The molecule has 24 heavy (non-hydrogen) atoms. The van der Waals surface area contributed by atoms with Gasteiger partial charge in [-0.05, 0) is 63.2 Å². The zero-order chi connectivity index (χ0) is 17.1. The highest BCUT2D eigenvalue weighted by atomic mass is 16.1. The van der Waals surface area contributed by atoms with Gasteiger partial charge in [-0.3, -0.25) is 9.79 Å². The number of Topliss-reactive ketones (excluding diaryl/α,β-unsaturated/α-hetero) is 1. The fraction of sp³-hybridized carbons (Fsp3) is 0.143. The zero-order valence-electron chi connectivity index (χ0n) is 14.2. The Morgan fingerprint density at radius 3 is 2.29 bits per heavy atom. The molecule has 0 radical (unpaired) electrons. The van der Waals surface area contributed by atoms with E-state index in [2.05, 4.69) is 41.6 Å². The van der Waals surface area contributed by atoms with Gasteiger partial charge < -0.3 is 4.57 Å². The summed E-state index contributed by atoms with van der Waals surface area (Å²) in [7, 11) is 0. The lowest BCUT2D eigenvalue weighted by molar-refractivity contribution is 0.101. The Labute approximate surface area is 142 Å². The molecule has 0 unspecified atom stereocenters. The number of carbonyl (C=O) groups excluding carboxylic acids is 1. The molecular weight excluding hydrogens is 296 g/mol. The van der Waals surface area contributed by atoms with Crippen LogP contribution in [0.1, 0.15) is 34.2 Å². The summed E-state index contributed by atoms with van der Waals surface area (Å²) in [5.74, 6) is 0.0666. The minimum atomic E-state index is 0.0666. The molecule has 0 atom stereocenters. The summed E-state index contributed by atoms with van der Waals surface area (Å²) in [5, 5.41) is 0. The van der Waals surface area contributed by atoms with Crippen molar-refractivity contribution < 1.29 is 4.79 Å². The first-order valence-corrected chi connectivity index (χ1v) is 7.95. The van der Waals surface area contributed by atoms with Crippen molar-refractivity contribution in [1.82, 2.24) is 4.57 Å². The van der Waals surface area contributed by atoms with Crippen LogP contribution in [0.2, 0.25) is 0 Å². The molecule has 0 aliphatic heterocycles. The highest BCUT2D eigenvalue weighted by molar-refractivity contribution is 5.94. The van der Waals surface area contributed by atoms with Crippen molar-refractivity contribution in [3.05, 3.63) is 83.2 Å². The van der Waals surface area contributed by atoms with Crippen LogP contribution in [0, 0.1) is 13.8 Å². The summed E-state index contributed by atoms with van der Waals surface area (Å²) in [6.45, 7) is 5.76. The molecule has 3 heteroatoms. The first kappa shape index (κ1) is 15.9. The van der Waals surface area contributed by atoms with E-state index in [1.807, 2.05) is 48.7 Å². The number of aromatic nitrogens is 1.